The third-order valence-electron chi connectivity index (χ3n) is 5.65. The van der Waals surface area contributed by atoms with E-state index in [2.05, 4.69) is 25.4 Å². The van der Waals surface area contributed by atoms with Crippen molar-refractivity contribution in [3.8, 4) is 17.1 Å². The number of amidine groups is 1. The molecular formula is C24H25FN6O5. The lowest BCUT2D eigenvalue weighted by Crippen LogP contribution is -2.38. The standard InChI is InChI=1S/C24H25FN6O5/c1-12-21-18(30-24(26)27-12)11-17(29-22(21)31-36-9-8-19(32)23(33)34)14-7-6-13(25)10-15(14)16-4-3-5-20(28-16)35-2/h3-7,10,17,19,32H,8-9,11H2,1-2H3,(H,29,31)(H,33,34)(H2,26,27,30). The number of nitrogens with one attached hydrogen (secondary N) is 1. The van der Waals surface area contributed by atoms with Crippen LogP contribution in [0.4, 0.5) is 10.3 Å². The SMILES string of the molecule is COc1cccc(-c2cc(F)ccc2C2Cc3nc(N)nc(C)c3C(=NOCCC(O)C(=O)O)N2)n1. The maximum atomic E-state index is 14.3. The summed E-state index contributed by atoms with van der Waals surface area (Å²) in [6.45, 7) is 1.62. The molecule has 3 heterocycles. The number of carbonyl (C=O) groups is 1. The summed E-state index contributed by atoms with van der Waals surface area (Å²) in [5.41, 5.74) is 9.49. The van der Waals surface area contributed by atoms with E-state index in [9.17, 15) is 14.3 Å². The number of methoxy groups -OCH3 is 1. The highest BCUT2D eigenvalue weighted by Gasteiger charge is 2.30. The van der Waals surface area contributed by atoms with Gasteiger partial charge in [0.05, 0.1) is 35.8 Å². The topological polar surface area (TPSA) is 165 Å². The summed E-state index contributed by atoms with van der Waals surface area (Å²) >= 11 is 0. The van der Waals surface area contributed by atoms with Gasteiger partial charge in [0.15, 0.2) is 11.9 Å². The van der Waals surface area contributed by atoms with E-state index in [4.69, 9.17) is 20.4 Å². The number of aryl methyl sites for hydroxylation is 1. The van der Waals surface area contributed by atoms with Crippen LogP contribution in [-0.2, 0) is 16.1 Å². The normalized spacial score (nSPS) is 16.7. The first-order valence-electron chi connectivity index (χ1n) is 11.1. The van der Waals surface area contributed by atoms with Crippen molar-refractivity contribution < 1.29 is 29.0 Å². The Bertz CT molecular complexity index is 1320. The molecule has 5 N–H and O–H groups in total. The first-order valence-corrected chi connectivity index (χ1v) is 11.1. The molecule has 0 saturated carbocycles. The van der Waals surface area contributed by atoms with Crippen molar-refractivity contribution in [1.82, 2.24) is 20.3 Å². The zero-order chi connectivity index (χ0) is 25.8. The number of nitrogens with two attached hydrogens (primary N) is 1. The molecule has 2 aromatic heterocycles. The van der Waals surface area contributed by atoms with Gasteiger partial charge in [0.25, 0.3) is 0 Å². The molecule has 0 radical (unpaired) electrons. The van der Waals surface area contributed by atoms with Crippen LogP contribution in [0.1, 0.15) is 35.0 Å². The monoisotopic (exact) mass is 496 g/mol. The Hall–Kier alpha value is -4.32. The lowest BCUT2D eigenvalue weighted by Gasteiger charge is -2.29. The van der Waals surface area contributed by atoms with Gasteiger partial charge < -0.3 is 30.8 Å². The van der Waals surface area contributed by atoms with E-state index < -0.39 is 23.9 Å². The summed E-state index contributed by atoms with van der Waals surface area (Å²) in [5.74, 6) is -0.976. The highest BCUT2D eigenvalue weighted by atomic mass is 19.1. The second-order valence-electron chi connectivity index (χ2n) is 8.10. The Kier molecular flexibility index (Phi) is 7.25. The lowest BCUT2D eigenvalue weighted by atomic mass is 9.90. The molecule has 36 heavy (non-hydrogen) atoms. The van der Waals surface area contributed by atoms with Crippen LogP contribution in [0.2, 0.25) is 0 Å². The Balaban J connectivity index is 1.72. The fourth-order valence-electron chi connectivity index (χ4n) is 3.98. The van der Waals surface area contributed by atoms with Crippen molar-refractivity contribution in [3.63, 3.8) is 0 Å². The van der Waals surface area contributed by atoms with Crippen LogP contribution < -0.4 is 15.8 Å². The summed E-state index contributed by atoms with van der Waals surface area (Å²) in [4.78, 5) is 29.2. The number of aliphatic hydroxyl groups excluding tert-OH is 1. The van der Waals surface area contributed by atoms with Crippen LogP contribution >= 0.6 is 0 Å². The molecule has 3 aromatic rings. The fourth-order valence-corrected chi connectivity index (χ4v) is 3.98. The minimum atomic E-state index is -1.56. The van der Waals surface area contributed by atoms with Crippen molar-refractivity contribution in [3.05, 3.63) is 64.7 Å². The van der Waals surface area contributed by atoms with E-state index in [-0.39, 0.29) is 19.0 Å². The van der Waals surface area contributed by atoms with Crippen molar-refractivity contribution in [1.29, 1.82) is 0 Å². The summed E-state index contributed by atoms with van der Waals surface area (Å²) in [6.07, 6.45) is -1.32. The number of ether oxygens (including phenoxy) is 1. The number of hydrogen-bond acceptors (Lipinski definition) is 9. The molecule has 0 fully saturated rings. The first kappa shape index (κ1) is 24.8. The zero-order valence-corrected chi connectivity index (χ0v) is 19.6. The van der Waals surface area contributed by atoms with Crippen LogP contribution in [0.3, 0.4) is 0 Å². The minimum Gasteiger partial charge on any atom is -0.481 e. The molecule has 11 nitrogen and oxygen atoms in total. The molecule has 188 valence electrons. The number of aromatic nitrogens is 3. The molecule has 1 aliphatic heterocycles. The zero-order valence-electron chi connectivity index (χ0n) is 19.6. The van der Waals surface area contributed by atoms with Gasteiger partial charge in [-0.25, -0.2) is 24.1 Å². The van der Waals surface area contributed by atoms with E-state index in [1.807, 2.05) is 0 Å². The fraction of sp³-hybridized carbons (Fsp3) is 0.292. The number of fused-ring (bicyclic) bond motifs is 1. The van der Waals surface area contributed by atoms with Gasteiger partial charge in [-0.3, -0.25) is 0 Å². The highest BCUT2D eigenvalue weighted by molar-refractivity contribution is 6.01. The van der Waals surface area contributed by atoms with E-state index in [0.717, 1.165) is 5.56 Å². The van der Waals surface area contributed by atoms with Crippen molar-refractivity contribution in [2.45, 2.75) is 31.9 Å². The Morgan fingerprint density at radius 3 is 2.86 bits per heavy atom. The molecule has 1 aliphatic rings. The first-order chi connectivity index (χ1) is 17.3. The molecule has 0 aliphatic carbocycles. The number of nitrogens with zero attached hydrogens (tertiary/aromatic N) is 4. The number of pyridine rings is 1. The highest BCUT2D eigenvalue weighted by Crippen LogP contribution is 2.34. The van der Waals surface area contributed by atoms with E-state index >= 15 is 0 Å². The maximum Gasteiger partial charge on any atom is 0.332 e. The smallest absolute Gasteiger partial charge is 0.332 e. The van der Waals surface area contributed by atoms with Crippen LogP contribution in [0.25, 0.3) is 11.3 Å². The predicted octanol–water partition coefficient (Wildman–Crippen LogP) is 1.98. The number of carboxylic acid groups (broad SMARTS) is 1. The molecule has 0 bridgehead atoms. The number of oxime groups is 1. The number of anilines is 1. The quantitative estimate of drug-likeness (QED) is 0.268. The molecule has 1 aromatic carbocycles. The van der Waals surface area contributed by atoms with E-state index in [0.29, 0.717) is 46.3 Å². The van der Waals surface area contributed by atoms with Gasteiger partial charge in [0, 0.05) is 24.5 Å². The number of halogens is 1. The number of hydrogen-bond donors (Lipinski definition) is 4. The molecule has 2 unspecified atom stereocenters. The summed E-state index contributed by atoms with van der Waals surface area (Å²) in [6, 6.07) is 9.22. The van der Waals surface area contributed by atoms with Crippen LogP contribution in [0.5, 0.6) is 5.88 Å². The van der Waals surface area contributed by atoms with Gasteiger partial charge >= 0.3 is 5.97 Å². The lowest BCUT2D eigenvalue weighted by molar-refractivity contribution is -0.147. The van der Waals surface area contributed by atoms with Crippen LogP contribution in [0.15, 0.2) is 41.6 Å². The molecule has 2 atom stereocenters. The van der Waals surface area contributed by atoms with Gasteiger partial charge in [-0.2, -0.15) is 0 Å². The molecule has 0 spiro atoms. The number of rotatable bonds is 8. The molecule has 0 saturated heterocycles. The van der Waals surface area contributed by atoms with Gasteiger partial charge in [0.1, 0.15) is 12.4 Å². The van der Waals surface area contributed by atoms with Crippen LogP contribution in [0, 0.1) is 12.7 Å². The van der Waals surface area contributed by atoms with Gasteiger partial charge in [-0.1, -0.05) is 17.3 Å². The van der Waals surface area contributed by atoms with Crippen molar-refractivity contribution in [2.24, 2.45) is 5.16 Å². The number of carboxylic acids is 1. The summed E-state index contributed by atoms with van der Waals surface area (Å²) < 4.78 is 19.5. The third-order valence-corrected chi connectivity index (χ3v) is 5.65. The van der Waals surface area contributed by atoms with Gasteiger partial charge in [0.2, 0.25) is 11.8 Å². The summed E-state index contributed by atoms with van der Waals surface area (Å²) in [5, 5.41) is 25.7. The van der Waals surface area contributed by atoms with Crippen molar-refractivity contribution in [2.75, 3.05) is 19.5 Å². The largest absolute Gasteiger partial charge is 0.481 e. The average molecular weight is 496 g/mol. The number of nitrogen functional groups attached to an aromatic ring is 1. The molecule has 12 heteroatoms. The van der Waals surface area contributed by atoms with Gasteiger partial charge in [-0.15, -0.1) is 0 Å². The number of aliphatic carboxylic acids is 1. The Morgan fingerprint density at radius 1 is 1.31 bits per heavy atom. The molecular weight excluding hydrogens is 471 g/mol. The second-order valence-corrected chi connectivity index (χ2v) is 8.10. The van der Waals surface area contributed by atoms with Crippen molar-refractivity contribution >= 4 is 17.8 Å². The van der Waals surface area contributed by atoms with E-state index in [1.165, 1.54) is 19.2 Å². The predicted molar refractivity (Wildman–Crippen MR) is 128 cm³/mol. The summed E-state index contributed by atoms with van der Waals surface area (Å²) in [7, 11) is 1.50. The maximum absolute atomic E-state index is 14.3. The molecule has 4 rings (SSSR count). The Labute approximate surface area is 205 Å². The second kappa shape index (κ2) is 10.5. The third kappa shape index (κ3) is 5.33. The molecule has 0 amide bonds. The average Bonchev–Trinajstić information content (AvgIpc) is 2.85. The Morgan fingerprint density at radius 2 is 2.11 bits per heavy atom. The number of benzene rings is 1. The number of aliphatic hydroxyl groups is 1. The van der Waals surface area contributed by atoms with Gasteiger partial charge in [-0.05, 0) is 30.7 Å². The van der Waals surface area contributed by atoms with E-state index in [1.54, 1.807) is 31.2 Å². The van der Waals surface area contributed by atoms with Crippen LogP contribution in [-0.4, -0.2) is 56.8 Å². The minimum absolute atomic E-state index is 0.102.